The Labute approximate surface area is 268 Å². The molecule has 47 heavy (non-hydrogen) atoms. The number of Topliss-reactive ketones (excluding diaryl/α,β-unsaturated/α-hetero) is 1. The van der Waals surface area contributed by atoms with Crippen LogP contribution in [-0.2, 0) is 35.1 Å². The van der Waals surface area contributed by atoms with E-state index in [4.69, 9.17) is 23.7 Å². The zero-order valence-corrected chi connectivity index (χ0v) is 24.8. The summed E-state index contributed by atoms with van der Waals surface area (Å²) >= 11 is 0. The van der Waals surface area contributed by atoms with Crippen LogP contribution >= 0.6 is 0 Å². The minimum absolute atomic E-state index is 0.0404. The van der Waals surface area contributed by atoms with Gasteiger partial charge in [-0.1, -0.05) is 42.5 Å². The third kappa shape index (κ3) is 7.67. The van der Waals surface area contributed by atoms with E-state index >= 15 is 0 Å². The highest BCUT2D eigenvalue weighted by Crippen LogP contribution is 2.32. The minimum Gasteiger partial charge on any atom is -0.508 e. The van der Waals surface area contributed by atoms with Crippen LogP contribution in [0.15, 0.2) is 91.0 Å². The lowest BCUT2D eigenvalue weighted by atomic mass is 9.90. The van der Waals surface area contributed by atoms with Crippen molar-refractivity contribution >= 4 is 23.7 Å². The standard InChI is InChI=1S/C34H32O13/c35-23-14-15-24(22(17-23)18-44-33(41)34(42)16-8-7-13-26(34)36)45-32-29(47-31(40)21-11-5-2-6-12-21)28(38)27(37)25(46-32)19-43-30(39)20-9-3-1-4-10-20/h1-6,8-12,14-17,25,27-29,32,35,37-38,42H,7,13,18-19H2/t25-,27-,28+,29-,32-,34+/m1/s1. The number of ketones is 1. The molecule has 2 aliphatic rings. The second-order valence-corrected chi connectivity index (χ2v) is 10.8. The molecule has 1 heterocycles. The zero-order valence-electron chi connectivity index (χ0n) is 24.8. The molecule has 0 bridgehead atoms. The first-order valence-electron chi connectivity index (χ1n) is 14.7. The van der Waals surface area contributed by atoms with Gasteiger partial charge >= 0.3 is 17.9 Å². The monoisotopic (exact) mass is 648 g/mol. The van der Waals surface area contributed by atoms with Crippen LogP contribution in [0.1, 0.15) is 39.1 Å². The molecule has 5 rings (SSSR count). The van der Waals surface area contributed by atoms with Gasteiger partial charge in [-0.15, -0.1) is 0 Å². The van der Waals surface area contributed by atoms with E-state index in [1.54, 1.807) is 36.4 Å². The number of phenols is 1. The molecule has 1 fully saturated rings. The molecule has 0 saturated carbocycles. The van der Waals surface area contributed by atoms with Gasteiger partial charge in [0.2, 0.25) is 11.9 Å². The summed E-state index contributed by atoms with van der Waals surface area (Å²) in [5.41, 5.74) is -2.06. The Morgan fingerprint density at radius 2 is 1.53 bits per heavy atom. The van der Waals surface area contributed by atoms with Crippen LogP contribution in [0.5, 0.6) is 11.5 Å². The molecule has 1 aliphatic carbocycles. The van der Waals surface area contributed by atoms with Gasteiger partial charge in [0, 0.05) is 12.0 Å². The smallest absolute Gasteiger partial charge is 0.350 e. The van der Waals surface area contributed by atoms with Gasteiger partial charge in [0.05, 0.1) is 11.1 Å². The molecule has 1 aliphatic heterocycles. The Balaban J connectivity index is 1.37. The quantitative estimate of drug-likeness (QED) is 0.108. The average molecular weight is 649 g/mol. The van der Waals surface area contributed by atoms with Crippen LogP contribution < -0.4 is 4.74 Å². The Morgan fingerprint density at radius 1 is 0.872 bits per heavy atom. The Kier molecular flexibility index (Phi) is 10.3. The summed E-state index contributed by atoms with van der Waals surface area (Å²) < 4.78 is 27.9. The molecule has 13 heteroatoms. The summed E-state index contributed by atoms with van der Waals surface area (Å²) in [6.07, 6.45) is -5.26. The zero-order chi connectivity index (χ0) is 33.6. The number of esters is 3. The summed E-state index contributed by atoms with van der Waals surface area (Å²) in [6.45, 7) is -1.11. The number of aliphatic hydroxyl groups is 3. The molecular weight excluding hydrogens is 616 g/mol. The predicted molar refractivity (Wildman–Crippen MR) is 160 cm³/mol. The van der Waals surface area contributed by atoms with Crippen LogP contribution in [0.2, 0.25) is 0 Å². The first-order valence-corrected chi connectivity index (χ1v) is 14.7. The van der Waals surface area contributed by atoms with Gasteiger partial charge in [-0.25, -0.2) is 14.4 Å². The third-order valence-electron chi connectivity index (χ3n) is 7.56. The van der Waals surface area contributed by atoms with Crippen molar-refractivity contribution in [3.05, 3.63) is 108 Å². The minimum atomic E-state index is -2.47. The van der Waals surface area contributed by atoms with Crippen molar-refractivity contribution < 1.29 is 63.3 Å². The molecule has 0 unspecified atom stereocenters. The molecule has 3 aromatic rings. The fraction of sp³-hybridized carbons (Fsp3) is 0.294. The number of aromatic hydroxyl groups is 1. The van der Waals surface area contributed by atoms with Crippen LogP contribution in [0.3, 0.4) is 0 Å². The number of rotatable bonds is 10. The average Bonchev–Trinajstić information content (AvgIpc) is 3.09. The number of ether oxygens (including phenoxy) is 5. The van der Waals surface area contributed by atoms with Crippen molar-refractivity contribution in [3.8, 4) is 11.5 Å². The first kappa shape index (κ1) is 33.3. The van der Waals surface area contributed by atoms with Gasteiger partial charge in [0.1, 0.15) is 43.0 Å². The summed E-state index contributed by atoms with van der Waals surface area (Å²) in [7, 11) is 0. The maximum Gasteiger partial charge on any atom is 0.350 e. The van der Waals surface area contributed by atoms with E-state index < -0.39 is 73.2 Å². The van der Waals surface area contributed by atoms with E-state index in [1.807, 2.05) is 0 Å². The van der Waals surface area contributed by atoms with Crippen molar-refractivity contribution in [2.75, 3.05) is 6.61 Å². The molecule has 1 saturated heterocycles. The summed E-state index contributed by atoms with van der Waals surface area (Å²) in [6, 6.07) is 19.6. The van der Waals surface area contributed by atoms with E-state index in [0.29, 0.717) is 6.42 Å². The number of carbonyl (C=O) groups excluding carboxylic acids is 4. The Hall–Kier alpha value is -5.08. The number of carbonyl (C=O) groups is 4. The van der Waals surface area contributed by atoms with E-state index in [9.17, 15) is 39.6 Å². The van der Waals surface area contributed by atoms with Gasteiger partial charge in [-0.3, -0.25) is 4.79 Å². The lowest BCUT2D eigenvalue weighted by Crippen LogP contribution is -2.61. The van der Waals surface area contributed by atoms with E-state index in [-0.39, 0.29) is 34.6 Å². The fourth-order valence-electron chi connectivity index (χ4n) is 4.95. The molecule has 0 aromatic heterocycles. The number of benzene rings is 3. The maximum atomic E-state index is 13.0. The molecule has 0 spiro atoms. The van der Waals surface area contributed by atoms with E-state index in [2.05, 4.69) is 0 Å². The predicted octanol–water partition coefficient (Wildman–Crippen LogP) is 1.99. The number of aliphatic hydroxyl groups excluding tert-OH is 2. The van der Waals surface area contributed by atoms with Crippen molar-refractivity contribution in [2.24, 2.45) is 0 Å². The van der Waals surface area contributed by atoms with Crippen LogP contribution in [-0.4, -0.2) is 87.0 Å². The van der Waals surface area contributed by atoms with Crippen LogP contribution in [0, 0.1) is 0 Å². The summed E-state index contributed by atoms with van der Waals surface area (Å²) in [5.74, 6) is -3.90. The third-order valence-corrected chi connectivity index (χ3v) is 7.56. The van der Waals surface area contributed by atoms with Crippen LogP contribution in [0.4, 0.5) is 0 Å². The van der Waals surface area contributed by atoms with Gasteiger partial charge < -0.3 is 44.1 Å². The highest BCUT2D eigenvalue weighted by molar-refractivity contribution is 6.09. The van der Waals surface area contributed by atoms with Crippen molar-refractivity contribution in [2.45, 2.75) is 55.8 Å². The van der Waals surface area contributed by atoms with Crippen molar-refractivity contribution in [3.63, 3.8) is 0 Å². The molecule has 3 aromatic carbocycles. The molecule has 13 nitrogen and oxygen atoms in total. The van der Waals surface area contributed by atoms with E-state index in [0.717, 1.165) is 6.08 Å². The largest absolute Gasteiger partial charge is 0.508 e. The fourth-order valence-corrected chi connectivity index (χ4v) is 4.95. The number of hydrogen-bond donors (Lipinski definition) is 4. The van der Waals surface area contributed by atoms with Crippen molar-refractivity contribution in [1.29, 1.82) is 0 Å². The second kappa shape index (κ2) is 14.6. The lowest BCUT2D eigenvalue weighted by Gasteiger charge is -2.41. The molecule has 0 amide bonds. The molecular formula is C34H32O13. The van der Waals surface area contributed by atoms with Crippen LogP contribution in [0.25, 0.3) is 0 Å². The number of allylic oxidation sites excluding steroid dienone is 1. The second-order valence-electron chi connectivity index (χ2n) is 10.8. The number of phenolic OH excluding ortho intramolecular Hbond substituents is 1. The first-order chi connectivity index (χ1) is 22.6. The Bertz CT molecular complexity index is 1620. The molecule has 4 N–H and O–H groups in total. The maximum absolute atomic E-state index is 13.0. The molecule has 6 atom stereocenters. The molecule has 0 radical (unpaired) electrons. The SMILES string of the molecule is O=C(OC[C@H]1O[C@@H](Oc2ccc(O)cc2COC(=O)[C@]2(O)C=CCCC2=O)[C@H](OC(=O)c2ccccc2)[C@@H](O)[C@@H]1O)c1ccccc1. The van der Waals surface area contributed by atoms with Crippen molar-refractivity contribution in [1.82, 2.24) is 0 Å². The molecule has 246 valence electrons. The summed E-state index contributed by atoms with van der Waals surface area (Å²) in [5, 5.41) is 42.8. The Morgan fingerprint density at radius 3 is 2.19 bits per heavy atom. The number of hydrogen-bond acceptors (Lipinski definition) is 13. The van der Waals surface area contributed by atoms with Gasteiger partial charge in [-0.05, 0) is 55.0 Å². The topological polar surface area (TPSA) is 195 Å². The lowest BCUT2D eigenvalue weighted by molar-refractivity contribution is -0.276. The van der Waals surface area contributed by atoms with Gasteiger partial charge in [0.25, 0.3) is 0 Å². The van der Waals surface area contributed by atoms with E-state index in [1.165, 1.54) is 48.5 Å². The highest BCUT2D eigenvalue weighted by Gasteiger charge is 2.49. The van der Waals surface area contributed by atoms with Gasteiger partial charge in [0.15, 0.2) is 11.9 Å². The normalized spacial score (nSPS) is 25.4. The van der Waals surface area contributed by atoms with Gasteiger partial charge in [-0.2, -0.15) is 0 Å². The highest BCUT2D eigenvalue weighted by atomic mass is 16.7. The summed E-state index contributed by atoms with van der Waals surface area (Å²) in [4.78, 5) is 50.5.